The highest BCUT2D eigenvalue weighted by Crippen LogP contribution is 2.24. The summed E-state index contributed by atoms with van der Waals surface area (Å²) in [5.74, 6) is 0. The SMILES string of the molecule is Cc1nn(C(C)C)c(C)c1S(=O)(=O)Nc1ccc(Cl)nc1. The fourth-order valence-corrected chi connectivity index (χ4v) is 3.74. The van der Waals surface area contributed by atoms with E-state index in [9.17, 15) is 8.42 Å². The maximum atomic E-state index is 12.5. The van der Waals surface area contributed by atoms with Crippen LogP contribution in [0.25, 0.3) is 0 Å². The minimum absolute atomic E-state index is 0.0878. The molecule has 0 radical (unpaired) electrons. The Bertz CT molecular complexity index is 751. The molecule has 21 heavy (non-hydrogen) atoms. The second-order valence-corrected chi connectivity index (χ2v) is 7.02. The number of aryl methyl sites for hydroxylation is 1. The smallest absolute Gasteiger partial charge is 0.265 e. The van der Waals surface area contributed by atoms with Crippen molar-refractivity contribution in [3.63, 3.8) is 0 Å². The molecule has 0 saturated carbocycles. The van der Waals surface area contributed by atoms with E-state index >= 15 is 0 Å². The Morgan fingerprint density at radius 3 is 2.43 bits per heavy atom. The highest BCUT2D eigenvalue weighted by atomic mass is 35.5. The van der Waals surface area contributed by atoms with Crippen LogP contribution in [0.5, 0.6) is 0 Å². The summed E-state index contributed by atoms with van der Waals surface area (Å²) >= 11 is 5.69. The molecule has 1 N–H and O–H groups in total. The Kier molecular flexibility index (Phi) is 4.25. The molecule has 0 aliphatic rings. The predicted octanol–water partition coefficient (Wildman–Crippen LogP) is 2.93. The molecule has 6 nitrogen and oxygen atoms in total. The molecule has 2 heterocycles. The minimum Gasteiger partial charge on any atom is -0.278 e. The van der Waals surface area contributed by atoms with Gasteiger partial charge in [-0.2, -0.15) is 5.10 Å². The zero-order valence-electron chi connectivity index (χ0n) is 12.3. The largest absolute Gasteiger partial charge is 0.278 e. The molecule has 114 valence electrons. The first kappa shape index (κ1) is 15.8. The summed E-state index contributed by atoms with van der Waals surface area (Å²) in [5, 5.41) is 4.60. The maximum Gasteiger partial charge on any atom is 0.265 e. The number of hydrogen-bond donors (Lipinski definition) is 1. The van der Waals surface area contributed by atoms with Crippen molar-refractivity contribution >= 4 is 27.3 Å². The van der Waals surface area contributed by atoms with Crippen LogP contribution in [-0.4, -0.2) is 23.2 Å². The molecule has 0 unspecified atom stereocenters. The lowest BCUT2D eigenvalue weighted by atomic mass is 10.3. The van der Waals surface area contributed by atoms with Crippen molar-refractivity contribution in [1.82, 2.24) is 14.8 Å². The molecule has 2 rings (SSSR count). The summed E-state index contributed by atoms with van der Waals surface area (Å²) < 4.78 is 29.3. The summed E-state index contributed by atoms with van der Waals surface area (Å²) in [5.41, 5.74) is 1.43. The van der Waals surface area contributed by atoms with Gasteiger partial charge in [-0.1, -0.05) is 11.6 Å². The van der Waals surface area contributed by atoms with Gasteiger partial charge in [0.2, 0.25) is 0 Å². The second kappa shape index (κ2) is 5.65. The number of anilines is 1. The maximum absolute atomic E-state index is 12.5. The van der Waals surface area contributed by atoms with Gasteiger partial charge in [0, 0.05) is 6.04 Å². The number of halogens is 1. The Morgan fingerprint density at radius 1 is 1.29 bits per heavy atom. The van der Waals surface area contributed by atoms with E-state index in [2.05, 4.69) is 14.8 Å². The Labute approximate surface area is 129 Å². The lowest BCUT2D eigenvalue weighted by Gasteiger charge is -2.10. The van der Waals surface area contributed by atoms with Gasteiger partial charge < -0.3 is 0 Å². The summed E-state index contributed by atoms with van der Waals surface area (Å²) in [4.78, 5) is 4.05. The van der Waals surface area contributed by atoms with Crippen molar-refractivity contribution < 1.29 is 8.42 Å². The molecule has 0 aliphatic carbocycles. The average molecular weight is 329 g/mol. The average Bonchev–Trinajstić information content (AvgIpc) is 2.68. The lowest BCUT2D eigenvalue weighted by Crippen LogP contribution is -2.15. The van der Waals surface area contributed by atoms with Crippen LogP contribution < -0.4 is 4.72 Å². The number of aromatic nitrogens is 3. The van der Waals surface area contributed by atoms with E-state index in [4.69, 9.17) is 11.6 Å². The van der Waals surface area contributed by atoms with Crippen LogP contribution in [0.2, 0.25) is 5.15 Å². The lowest BCUT2D eigenvalue weighted by molar-refractivity contribution is 0.514. The van der Waals surface area contributed by atoms with E-state index in [-0.39, 0.29) is 10.9 Å². The van der Waals surface area contributed by atoms with Crippen LogP contribution >= 0.6 is 11.6 Å². The molecule has 0 aromatic carbocycles. The van der Waals surface area contributed by atoms with E-state index in [0.717, 1.165) is 0 Å². The van der Waals surface area contributed by atoms with Crippen LogP contribution in [0.4, 0.5) is 5.69 Å². The van der Waals surface area contributed by atoms with E-state index in [1.54, 1.807) is 24.6 Å². The number of sulfonamides is 1. The highest BCUT2D eigenvalue weighted by Gasteiger charge is 2.25. The molecule has 8 heteroatoms. The van der Waals surface area contributed by atoms with E-state index in [0.29, 0.717) is 22.2 Å². The van der Waals surface area contributed by atoms with Gasteiger partial charge in [0.25, 0.3) is 10.0 Å². The van der Waals surface area contributed by atoms with Crippen molar-refractivity contribution in [2.45, 2.75) is 38.6 Å². The fourth-order valence-electron chi connectivity index (χ4n) is 2.18. The molecule has 2 aromatic heterocycles. The Morgan fingerprint density at radius 2 is 1.95 bits per heavy atom. The van der Waals surface area contributed by atoms with Gasteiger partial charge in [0.1, 0.15) is 10.0 Å². The van der Waals surface area contributed by atoms with Crippen LogP contribution in [0, 0.1) is 13.8 Å². The van der Waals surface area contributed by atoms with Gasteiger partial charge >= 0.3 is 0 Å². The minimum atomic E-state index is -3.72. The number of nitrogens with one attached hydrogen (secondary N) is 1. The summed E-state index contributed by atoms with van der Waals surface area (Å²) in [6, 6.07) is 3.17. The van der Waals surface area contributed by atoms with Crippen LogP contribution in [0.15, 0.2) is 23.2 Å². The summed E-state index contributed by atoms with van der Waals surface area (Å²) in [6.07, 6.45) is 1.37. The molecule has 0 atom stereocenters. The molecule has 0 aliphatic heterocycles. The normalized spacial score (nSPS) is 11.9. The van der Waals surface area contributed by atoms with Gasteiger partial charge in [-0.15, -0.1) is 0 Å². The van der Waals surface area contributed by atoms with E-state index < -0.39 is 10.0 Å². The number of nitrogens with zero attached hydrogens (tertiary/aromatic N) is 3. The van der Waals surface area contributed by atoms with E-state index in [1.165, 1.54) is 12.3 Å². The second-order valence-electron chi connectivity index (χ2n) is 5.01. The van der Waals surface area contributed by atoms with Gasteiger partial charge in [-0.25, -0.2) is 13.4 Å². The molecular formula is C13H17ClN4O2S. The molecule has 0 fully saturated rings. The van der Waals surface area contributed by atoms with Crippen LogP contribution in [-0.2, 0) is 10.0 Å². The molecule has 0 saturated heterocycles. The van der Waals surface area contributed by atoms with Crippen LogP contribution in [0.3, 0.4) is 0 Å². The molecule has 0 bridgehead atoms. The number of pyridine rings is 1. The highest BCUT2D eigenvalue weighted by molar-refractivity contribution is 7.92. The molecule has 0 amide bonds. The third kappa shape index (κ3) is 3.19. The molecular weight excluding hydrogens is 312 g/mol. The van der Waals surface area contributed by atoms with Crippen molar-refractivity contribution in [2.75, 3.05) is 4.72 Å². The molecule has 2 aromatic rings. The van der Waals surface area contributed by atoms with E-state index in [1.807, 2.05) is 13.8 Å². The Hall–Kier alpha value is -1.60. The summed E-state index contributed by atoms with van der Waals surface area (Å²) in [7, 11) is -3.72. The van der Waals surface area contributed by atoms with Crippen LogP contribution in [0.1, 0.15) is 31.3 Å². The monoisotopic (exact) mass is 328 g/mol. The zero-order valence-corrected chi connectivity index (χ0v) is 13.8. The van der Waals surface area contributed by atoms with Crippen molar-refractivity contribution in [3.05, 3.63) is 34.9 Å². The third-order valence-electron chi connectivity index (χ3n) is 3.00. The quantitative estimate of drug-likeness (QED) is 0.875. The van der Waals surface area contributed by atoms with Gasteiger partial charge in [0.15, 0.2) is 0 Å². The topological polar surface area (TPSA) is 76.9 Å². The first-order chi connectivity index (χ1) is 9.72. The van der Waals surface area contributed by atoms with Gasteiger partial charge in [0.05, 0.1) is 23.3 Å². The number of hydrogen-bond acceptors (Lipinski definition) is 4. The van der Waals surface area contributed by atoms with Crippen molar-refractivity contribution in [3.8, 4) is 0 Å². The first-order valence-electron chi connectivity index (χ1n) is 6.42. The standard InChI is InChI=1S/C13H17ClN4O2S/c1-8(2)18-10(4)13(9(3)16-18)21(19,20)17-11-5-6-12(14)15-7-11/h5-8,17H,1-4H3. The van der Waals surface area contributed by atoms with Gasteiger partial charge in [-0.05, 0) is 39.8 Å². The zero-order chi connectivity index (χ0) is 15.8. The van der Waals surface area contributed by atoms with Gasteiger partial charge in [-0.3, -0.25) is 9.40 Å². The first-order valence-corrected chi connectivity index (χ1v) is 8.28. The molecule has 0 spiro atoms. The number of rotatable bonds is 4. The van der Waals surface area contributed by atoms with Crippen molar-refractivity contribution in [2.24, 2.45) is 0 Å². The predicted molar refractivity (Wildman–Crippen MR) is 82.1 cm³/mol. The van der Waals surface area contributed by atoms with Crippen molar-refractivity contribution in [1.29, 1.82) is 0 Å². The summed E-state index contributed by atoms with van der Waals surface area (Å²) in [6.45, 7) is 7.33. The third-order valence-corrected chi connectivity index (χ3v) is 4.85. The fraction of sp³-hybridized carbons (Fsp3) is 0.385. The Balaban J connectivity index is 2.42.